The normalized spacial score (nSPS) is 17.1. The summed E-state index contributed by atoms with van der Waals surface area (Å²) < 4.78 is 4.33. The topological polar surface area (TPSA) is 176 Å². The predicted octanol–water partition coefficient (Wildman–Crippen LogP) is 3.62. The molecule has 14 nitrogen and oxygen atoms in total. The number of nitrogens with zero attached hydrogens (tertiary/aromatic N) is 9. The number of rotatable bonds is 5. The summed E-state index contributed by atoms with van der Waals surface area (Å²) in [6.45, 7) is 1.45. The van der Waals surface area contributed by atoms with E-state index in [9.17, 15) is 19.5 Å². The van der Waals surface area contributed by atoms with E-state index in [1.807, 2.05) is 6.92 Å². The lowest BCUT2D eigenvalue weighted by atomic mass is 9.99. The SMILES string of the molecule is C[C@@H]1CCCC[C@H](n2cnc(-c3cc(Cl)ccc3-n3cnnn3)cc2=O)c2cc(ccn2)-c2c(cnn2CC(=O)O)NC1=O. The number of hydrogen-bond donors (Lipinski definition) is 2. The number of fused-ring (bicyclic) bond motifs is 4. The van der Waals surface area contributed by atoms with Gasteiger partial charge in [-0.2, -0.15) is 9.78 Å². The summed E-state index contributed by atoms with van der Waals surface area (Å²) >= 11 is 6.30. The average Bonchev–Trinajstić information content (AvgIpc) is 3.67. The minimum absolute atomic E-state index is 0.177. The molecule has 0 spiro atoms. The van der Waals surface area contributed by atoms with Crippen LogP contribution in [-0.4, -0.2) is 61.5 Å². The largest absolute Gasteiger partial charge is 0.480 e. The molecule has 2 atom stereocenters. The molecule has 0 saturated carbocycles. The third-order valence-electron chi connectivity index (χ3n) is 7.59. The molecule has 5 heterocycles. The summed E-state index contributed by atoms with van der Waals surface area (Å²) in [7, 11) is 0. The molecule has 0 radical (unpaired) electrons. The highest BCUT2D eigenvalue weighted by Gasteiger charge is 2.24. The molecule has 0 aliphatic carbocycles. The van der Waals surface area contributed by atoms with Crippen molar-refractivity contribution in [3.05, 3.63) is 82.5 Å². The Balaban J connectivity index is 1.44. The number of carboxylic acid groups (broad SMARTS) is 1. The maximum absolute atomic E-state index is 13.7. The Morgan fingerprint density at radius 1 is 1.09 bits per heavy atom. The van der Waals surface area contributed by atoms with E-state index in [4.69, 9.17) is 11.6 Å². The van der Waals surface area contributed by atoms with Gasteiger partial charge in [-0.25, -0.2) is 4.98 Å². The molecule has 1 aliphatic heterocycles. The average molecular weight is 615 g/mol. The molecule has 5 aromatic rings. The van der Waals surface area contributed by atoms with Crippen LogP contribution in [0.4, 0.5) is 5.69 Å². The highest BCUT2D eigenvalue weighted by molar-refractivity contribution is 6.31. The number of benzene rings is 1. The molecule has 4 aromatic heterocycles. The number of carbonyl (C=O) groups is 2. The first-order chi connectivity index (χ1) is 21.3. The first-order valence-corrected chi connectivity index (χ1v) is 14.3. The highest BCUT2D eigenvalue weighted by Crippen LogP contribution is 2.33. The van der Waals surface area contributed by atoms with Crippen molar-refractivity contribution in [3.63, 3.8) is 0 Å². The Labute approximate surface area is 255 Å². The van der Waals surface area contributed by atoms with E-state index in [1.54, 1.807) is 41.1 Å². The summed E-state index contributed by atoms with van der Waals surface area (Å²) in [4.78, 5) is 47.6. The van der Waals surface area contributed by atoms with E-state index in [2.05, 4.69) is 35.9 Å². The number of carbonyl (C=O) groups excluding carboxylic acids is 1. The molecule has 2 bridgehead atoms. The zero-order valence-corrected chi connectivity index (χ0v) is 24.3. The van der Waals surface area contributed by atoms with Crippen LogP contribution in [0.25, 0.3) is 28.2 Å². The third kappa shape index (κ3) is 5.83. The van der Waals surface area contributed by atoms with Crippen molar-refractivity contribution in [2.45, 2.75) is 45.2 Å². The molecule has 0 fully saturated rings. The Bertz CT molecular complexity index is 1900. The Morgan fingerprint density at radius 2 is 1.93 bits per heavy atom. The molecule has 0 saturated heterocycles. The summed E-state index contributed by atoms with van der Waals surface area (Å²) in [6, 6.07) is 9.62. The number of aromatic nitrogens is 9. The van der Waals surface area contributed by atoms with Crippen LogP contribution < -0.4 is 10.9 Å². The van der Waals surface area contributed by atoms with Crippen molar-refractivity contribution in [1.29, 1.82) is 0 Å². The van der Waals surface area contributed by atoms with E-state index in [0.717, 1.165) is 12.8 Å². The summed E-state index contributed by atoms with van der Waals surface area (Å²) in [5.41, 5.74) is 3.30. The van der Waals surface area contributed by atoms with Gasteiger partial charge in [0.15, 0.2) is 0 Å². The number of hydrogen-bond acceptors (Lipinski definition) is 9. The zero-order valence-electron chi connectivity index (χ0n) is 23.5. The van der Waals surface area contributed by atoms with Gasteiger partial charge < -0.3 is 10.4 Å². The summed E-state index contributed by atoms with van der Waals surface area (Å²) in [5.74, 6) is -1.54. The predicted molar refractivity (Wildman–Crippen MR) is 159 cm³/mol. The molecule has 0 unspecified atom stereocenters. The standard InChI is InChI=1S/C29H27ClN10O4/c1-17-4-2-3-5-25(22-10-18(8-9-31-22)28-23(35-29(17)44)13-34-39(28)14-27(42)43)38-15-32-21(12-26(38)41)20-11-19(30)6-7-24(20)40-16-33-36-37-40/h6-13,15-17,25H,2-5,14H2,1H3,(H,35,44)(H,42,43)/t17-,25+/m1/s1. The molecule has 15 heteroatoms. The number of carboxylic acids is 1. The molecule has 1 amide bonds. The second-order valence-corrected chi connectivity index (χ2v) is 11.0. The van der Waals surface area contributed by atoms with Gasteiger partial charge in [0.05, 0.1) is 47.0 Å². The van der Waals surface area contributed by atoms with Gasteiger partial charge in [-0.3, -0.25) is 28.6 Å². The minimum atomic E-state index is -1.08. The fourth-order valence-electron chi connectivity index (χ4n) is 5.39. The van der Waals surface area contributed by atoms with Crippen LogP contribution >= 0.6 is 11.6 Å². The van der Waals surface area contributed by atoms with E-state index in [1.165, 1.54) is 34.3 Å². The van der Waals surface area contributed by atoms with Gasteiger partial charge in [0, 0.05) is 34.3 Å². The van der Waals surface area contributed by atoms with Crippen molar-refractivity contribution in [2.75, 3.05) is 5.32 Å². The van der Waals surface area contributed by atoms with Crippen LogP contribution in [0.15, 0.2) is 66.2 Å². The fourth-order valence-corrected chi connectivity index (χ4v) is 5.56. The Hall–Kier alpha value is -5.24. The van der Waals surface area contributed by atoms with Crippen molar-refractivity contribution >= 4 is 29.2 Å². The van der Waals surface area contributed by atoms with Crippen molar-refractivity contribution in [1.82, 2.24) is 44.5 Å². The van der Waals surface area contributed by atoms with Crippen molar-refractivity contribution in [3.8, 4) is 28.2 Å². The number of pyridine rings is 1. The van der Waals surface area contributed by atoms with Crippen LogP contribution in [0, 0.1) is 5.92 Å². The number of aliphatic carboxylic acids is 1. The number of tetrazole rings is 1. The molecular formula is C29H27ClN10O4. The molecule has 224 valence electrons. The molecular weight excluding hydrogens is 588 g/mol. The van der Waals surface area contributed by atoms with Crippen LogP contribution in [0.3, 0.4) is 0 Å². The lowest BCUT2D eigenvalue weighted by Crippen LogP contribution is -2.26. The molecule has 1 aliphatic rings. The number of anilines is 1. The monoisotopic (exact) mass is 614 g/mol. The van der Waals surface area contributed by atoms with Gasteiger partial charge >= 0.3 is 5.97 Å². The maximum atomic E-state index is 13.7. The highest BCUT2D eigenvalue weighted by atomic mass is 35.5. The smallest absolute Gasteiger partial charge is 0.325 e. The van der Waals surface area contributed by atoms with Crippen LogP contribution in [-0.2, 0) is 16.1 Å². The van der Waals surface area contributed by atoms with Gasteiger partial charge in [-0.1, -0.05) is 31.4 Å². The van der Waals surface area contributed by atoms with E-state index in [0.29, 0.717) is 57.4 Å². The van der Waals surface area contributed by atoms with Gasteiger partial charge in [-0.15, -0.1) is 5.10 Å². The maximum Gasteiger partial charge on any atom is 0.325 e. The fraction of sp³-hybridized carbons (Fsp3) is 0.276. The Kier molecular flexibility index (Phi) is 7.98. The van der Waals surface area contributed by atoms with E-state index >= 15 is 0 Å². The second-order valence-electron chi connectivity index (χ2n) is 10.6. The first-order valence-electron chi connectivity index (χ1n) is 13.9. The third-order valence-corrected chi connectivity index (χ3v) is 7.83. The number of nitrogens with one attached hydrogen (secondary N) is 1. The van der Waals surface area contributed by atoms with Gasteiger partial charge in [0.2, 0.25) is 5.91 Å². The molecule has 44 heavy (non-hydrogen) atoms. The Morgan fingerprint density at radius 3 is 2.70 bits per heavy atom. The lowest BCUT2D eigenvalue weighted by molar-refractivity contribution is -0.137. The van der Waals surface area contributed by atoms with Gasteiger partial charge in [0.25, 0.3) is 5.56 Å². The number of halogens is 1. The first kappa shape index (κ1) is 28.9. The van der Waals surface area contributed by atoms with Crippen LogP contribution in [0.1, 0.15) is 44.3 Å². The summed E-state index contributed by atoms with van der Waals surface area (Å²) in [5, 5.41) is 28.5. The van der Waals surface area contributed by atoms with E-state index < -0.39 is 18.6 Å². The van der Waals surface area contributed by atoms with Gasteiger partial charge in [-0.05, 0) is 53.6 Å². The van der Waals surface area contributed by atoms with Crippen molar-refractivity contribution in [2.24, 2.45) is 5.92 Å². The zero-order chi connectivity index (χ0) is 30.8. The lowest BCUT2D eigenvalue weighted by Gasteiger charge is -2.20. The molecule has 6 rings (SSSR count). The quantitative estimate of drug-likeness (QED) is 0.297. The molecule has 1 aromatic carbocycles. The van der Waals surface area contributed by atoms with Crippen molar-refractivity contribution < 1.29 is 14.7 Å². The van der Waals surface area contributed by atoms with Gasteiger partial charge in [0.1, 0.15) is 12.9 Å². The minimum Gasteiger partial charge on any atom is -0.480 e. The summed E-state index contributed by atoms with van der Waals surface area (Å²) in [6.07, 6.45) is 8.63. The molecule has 2 N–H and O–H groups in total. The second kappa shape index (κ2) is 12.2. The van der Waals surface area contributed by atoms with Crippen LogP contribution in [0.5, 0.6) is 0 Å². The number of amides is 1. The van der Waals surface area contributed by atoms with E-state index in [-0.39, 0.29) is 17.4 Å². The van der Waals surface area contributed by atoms with Crippen LogP contribution in [0.2, 0.25) is 5.02 Å².